The summed E-state index contributed by atoms with van der Waals surface area (Å²) < 4.78 is 30.2. The van der Waals surface area contributed by atoms with E-state index in [-0.39, 0.29) is 50.1 Å². The van der Waals surface area contributed by atoms with Crippen molar-refractivity contribution in [3.63, 3.8) is 0 Å². The van der Waals surface area contributed by atoms with Crippen LogP contribution in [0.2, 0.25) is 0 Å². The monoisotopic (exact) mass is 497 g/mol. The summed E-state index contributed by atoms with van der Waals surface area (Å²) in [7, 11) is 1.20. The number of ether oxygens (including phenoxy) is 6. The maximum absolute atomic E-state index is 12.5. The number of benzene rings is 1. The zero-order chi connectivity index (χ0) is 26.4. The van der Waals surface area contributed by atoms with Crippen LogP contribution < -0.4 is 15.2 Å². The van der Waals surface area contributed by atoms with Crippen LogP contribution in [0.4, 0.5) is 9.59 Å². The first-order valence-electron chi connectivity index (χ1n) is 11.4. The maximum Gasteiger partial charge on any atom is 0.513 e. The smallest absolute Gasteiger partial charge is 0.468 e. The summed E-state index contributed by atoms with van der Waals surface area (Å²) in [5, 5.41) is 0. The summed E-state index contributed by atoms with van der Waals surface area (Å²) >= 11 is 0. The van der Waals surface area contributed by atoms with Crippen LogP contribution in [0.3, 0.4) is 0 Å². The molecule has 0 saturated carbocycles. The van der Waals surface area contributed by atoms with Gasteiger partial charge in [0, 0.05) is 12.8 Å². The Bertz CT molecular complexity index is 870. The van der Waals surface area contributed by atoms with Crippen LogP contribution in [-0.4, -0.2) is 56.7 Å². The molecule has 0 aromatic heterocycles. The maximum atomic E-state index is 12.5. The number of hydrogen-bond acceptors (Lipinski definition) is 11. The van der Waals surface area contributed by atoms with Gasteiger partial charge >= 0.3 is 24.2 Å². The van der Waals surface area contributed by atoms with Crippen molar-refractivity contribution in [3.05, 3.63) is 23.8 Å². The molecule has 0 spiro atoms. The minimum Gasteiger partial charge on any atom is -0.468 e. The number of esters is 2. The lowest BCUT2D eigenvalue weighted by atomic mass is 9.88. The summed E-state index contributed by atoms with van der Waals surface area (Å²) in [5.41, 5.74) is 5.25. The lowest BCUT2D eigenvalue weighted by Crippen LogP contribution is -2.51. The fraction of sp³-hybridized carbons (Fsp3) is 0.583. The molecule has 35 heavy (non-hydrogen) atoms. The summed E-state index contributed by atoms with van der Waals surface area (Å²) in [5.74, 6) is -1.68. The van der Waals surface area contributed by atoms with Crippen molar-refractivity contribution in [1.29, 1.82) is 0 Å². The molecule has 0 aliphatic heterocycles. The van der Waals surface area contributed by atoms with Gasteiger partial charge in [-0.2, -0.15) is 0 Å². The van der Waals surface area contributed by atoms with Crippen molar-refractivity contribution in [2.45, 2.75) is 58.9 Å². The highest BCUT2D eigenvalue weighted by atomic mass is 16.7. The first-order valence-corrected chi connectivity index (χ1v) is 11.4. The van der Waals surface area contributed by atoms with Gasteiger partial charge in [0.15, 0.2) is 11.5 Å². The average Bonchev–Trinajstić information content (AvgIpc) is 2.82. The molecule has 0 heterocycles. The predicted molar refractivity (Wildman–Crippen MR) is 124 cm³/mol. The first-order chi connectivity index (χ1) is 16.6. The van der Waals surface area contributed by atoms with Gasteiger partial charge < -0.3 is 34.2 Å². The summed E-state index contributed by atoms with van der Waals surface area (Å²) in [4.78, 5) is 48.1. The molecule has 1 aromatic carbocycles. The van der Waals surface area contributed by atoms with E-state index in [9.17, 15) is 19.2 Å². The van der Waals surface area contributed by atoms with Crippen LogP contribution in [0, 0.1) is 5.92 Å². The van der Waals surface area contributed by atoms with Gasteiger partial charge in [-0.25, -0.2) is 9.59 Å². The molecule has 0 bridgehead atoms. The van der Waals surface area contributed by atoms with E-state index in [1.165, 1.54) is 25.3 Å². The summed E-state index contributed by atoms with van der Waals surface area (Å²) in [6.07, 6.45) is -0.865. The lowest BCUT2D eigenvalue weighted by Gasteiger charge is -2.27. The normalized spacial score (nSPS) is 12.3. The SMILES string of the molecule is CCCOC(=O)Oc1ccc(C[C@](N)(CCOC(=O)C(C)C)C(=O)OC)cc1OC(=O)OCCC. The van der Waals surface area contributed by atoms with Crippen LogP contribution in [0.15, 0.2) is 18.2 Å². The molecule has 11 nitrogen and oxygen atoms in total. The Morgan fingerprint density at radius 3 is 1.97 bits per heavy atom. The molecule has 1 atom stereocenters. The molecule has 0 fully saturated rings. The number of rotatable bonds is 13. The third-order valence-electron chi connectivity index (χ3n) is 4.62. The van der Waals surface area contributed by atoms with Crippen molar-refractivity contribution in [1.82, 2.24) is 0 Å². The van der Waals surface area contributed by atoms with Gasteiger partial charge in [-0.3, -0.25) is 9.59 Å². The van der Waals surface area contributed by atoms with Crippen molar-refractivity contribution >= 4 is 24.2 Å². The van der Waals surface area contributed by atoms with E-state index in [4.69, 9.17) is 34.2 Å². The average molecular weight is 498 g/mol. The van der Waals surface area contributed by atoms with Gasteiger partial charge in [-0.15, -0.1) is 0 Å². The molecule has 196 valence electrons. The Morgan fingerprint density at radius 2 is 1.46 bits per heavy atom. The number of methoxy groups -OCH3 is 1. The Kier molecular flexibility index (Phi) is 12.6. The van der Waals surface area contributed by atoms with E-state index in [1.54, 1.807) is 13.8 Å². The summed E-state index contributed by atoms with van der Waals surface area (Å²) in [6.45, 7) is 7.21. The topological polar surface area (TPSA) is 150 Å². The fourth-order valence-corrected chi connectivity index (χ4v) is 2.77. The third kappa shape index (κ3) is 10.2. The van der Waals surface area contributed by atoms with E-state index in [1.807, 2.05) is 13.8 Å². The van der Waals surface area contributed by atoms with Gasteiger partial charge in [-0.05, 0) is 30.5 Å². The summed E-state index contributed by atoms with van der Waals surface area (Å²) in [6, 6.07) is 4.30. The number of hydrogen-bond donors (Lipinski definition) is 1. The van der Waals surface area contributed by atoms with Crippen molar-refractivity contribution in [2.24, 2.45) is 11.7 Å². The van der Waals surface area contributed by atoms with Gasteiger partial charge in [-0.1, -0.05) is 33.8 Å². The number of carbonyl (C=O) groups excluding carboxylic acids is 4. The Hall–Kier alpha value is -3.34. The molecule has 2 N–H and O–H groups in total. The molecule has 0 saturated heterocycles. The number of nitrogens with two attached hydrogens (primary N) is 1. The van der Waals surface area contributed by atoms with E-state index in [0.717, 1.165) is 0 Å². The Labute approximate surface area is 205 Å². The second kappa shape index (κ2) is 14.8. The second-order valence-corrected chi connectivity index (χ2v) is 8.08. The van der Waals surface area contributed by atoms with Crippen LogP contribution in [0.5, 0.6) is 11.5 Å². The molecule has 11 heteroatoms. The largest absolute Gasteiger partial charge is 0.513 e. The van der Waals surface area contributed by atoms with Crippen LogP contribution in [-0.2, 0) is 35.0 Å². The molecule has 1 aromatic rings. The van der Waals surface area contributed by atoms with Gasteiger partial charge in [0.25, 0.3) is 0 Å². The molecule has 0 radical (unpaired) electrons. The minimum atomic E-state index is -1.55. The molecule has 1 rings (SSSR count). The molecule has 0 aliphatic carbocycles. The lowest BCUT2D eigenvalue weighted by molar-refractivity contribution is -0.152. The highest BCUT2D eigenvalue weighted by Crippen LogP contribution is 2.31. The fourth-order valence-electron chi connectivity index (χ4n) is 2.77. The standard InChI is InChI=1S/C24H35NO10/c1-6-11-32-22(28)34-18-9-8-17(14-19(18)35-23(29)33-12-7-2)15-24(25,21(27)30-5)10-13-31-20(26)16(3)4/h8-9,14,16H,6-7,10-13,15,25H2,1-5H3/t24-/m1/s1. The Morgan fingerprint density at radius 1 is 0.886 bits per heavy atom. The van der Waals surface area contributed by atoms with Crippen molar-refractivity contribution < 1.29 is 47.6 Å². The number of carbonyl (C=O) groups is 4. The van der Waals surface area contributed by atoms with E-state index in [0.29, 0.717) is 18.4 Å². The zero-order valence-corrected chi connectivity index (χ0v) is 20.9. The van der Waals surface area contributed by atoms with Gasteiger partial charge in [0.05, 0.1) is 32.8 Å². The quantitative estimate of drug-likeness (QED) is 0.242. The molecule has 0 aliphatic rings. The predicted octanol–water partition coefficient (Wildman–Crippen LogP) is 3.54. The molecule has 0 amide bonds. The van der Waals surface area contributed by atoms with E-state index in [2.05, 4.69) is 0 Å². The Balaban J connectivity index is 3.14. The van der Waals surface area contributed by atoms with E-state index < -0.39 is 29.8 Å². The first kappa shape index (κ1) is 29.7. The second-order valence-electron chi connectivity index (χ2n) is 8.08. The minimum absolute atomic E-state index is 0.0194. The third-order valence-corrected chi connectivity index (χ3v) is 4.62. The van der Waals surface area contributed by atoms with Gasteiger partial charge in [0.2, 0.25) is 0 Å². The van der Waals surface area contributed by atoms with Gasteiger partial charge in [0.1, 0.15) is 5.54 Å². The molecule has 0 unspecified atom stereocenters. The zero-order valence-electron chi connectivity index (χ0n) is 20.9. The highest BCUT2D eigenvalue weighted by Gasteiger charge is 2.36. The van der Waals surface area contributed by atoms with Crippen LogP contribution in [0.1, 0.15) is 52.5 Å². The van der Waals surface area contributed by atoms with Crippen LogP contribution in [0.25, 0.3) is 0 Å². The highest BCUT2D eigenvalue weighted by molar-refractivity contribution is 5.81. The van der Waals surface area contributed by atoms with Crippen LogP contribution >= 0.6 is 0 Å². The van der Waals surface area contributed by atoms with Crippen molar-refractivity contribution in [2.75, 3.05) is 26.9 Å². The van der Waals surface area contributed by atoms with E-state index >= 15 is 0 Å². The molecular formula is C24H35NO10. The molecular weight excluding hydrogens is 462 g/mol. The van der Waals surface area contributed by atoms with Crippen molar-refractivity contribution in [3.8, 4) is 11.5 Å².